The fraction of sp³-hybridized carbons (Fsp3) is 0.389. The standard InChI is InChI=1S/C18H22N2OS/c1-4-20(3)12-19-16-11-14-7-8-21-18(15(14)10-13(16)2)17-6-5-9-22-17/h5-6,9-12,18H,4,7-8H2,1-3H3. The number of thiophene rings is 1. The molecule has 1 atom stereocenters. The average molecular weight is 314 g/mol. The van der Waals surface area contributed by atoms with Crippen LogP contribution in [-0.4, -0.2) is 31.4 Å². The number of hydrogen-bond donors (Lipinski definition) is 0. The fourth-order valence-corrected chi connectivity index (χ4v) is 3.45. The number of nitrogens with zero attached hydrogens (tertiary/aromatic N) is 2. The Balaban J connectivity index is 1.95. The van der Waals surface area contributed by atoms with Gasteiger partial charge < -0.3 is 9.64 Å². The van der Waals surface area contributed by atoms with E-state index in [0.29, 0.717) is 0 Å². The molecular weight excluding hydrogens is 292 g/mol. The maximum absolute atomic E-state index is 6.02. The van der Waals surface area contributed by atoms with Crippen LogP contribution in [0.4, 0.5) is 5.69 Å². The number of ether oxygens (including phenoxy) is 1. The third-order valence-corrected chi connectivity index (χ3v) is 5.01. The lowest BCUT2D eigenvalue weighted by Gasteiger charge is -2.26. The van der Waals surface area contributed by atoms with Crippen LogP contribution in [0.3, 0.4) is 0 Å². The summed E-state index contributed by atoms with van der Waals surface area (Å²) in [5.74, 6) is 0. The van der Waals surface area contributed by atoms with Crippen LogP contribution in [0.1, 0.15) is 34.6 Å². The summed E-state index contributed by atoms with van der Waals surface area (Å²) in [6.45, 7) is 5.98. The third kappa shape index (κ3) is 3.08. The molecule has 2 heterocycles. The summed E-state index contributed by atoms with van der Waals surface area (Å²) in [5, 5.41) is 2.11. The van der Waals surface area contributed by atoms with Crippen LogP contribution in [0.15, 0.2) is 34.6 Å². The highest BCUT2D eigenvalue weighted by atomic mass is 32.1. The Labute approximate surface area is 136 Å². The van der Waals surface area contributed by atoms with Crippen LogP contribution in [0.25, 0.3) is 0 Å². The summed E-state index contributed by atoms with van der Waals surface area (Å²) >= 11 is 1.76. The number of aliphatic imine (C=N–C) groups is 1. The molecule has 4 heteroatoms. The van der Waals surface area contributed by atoms with E-state index in [1.54, 1.807) is 11.3 Å². The lowest BCUT2D eigenvalue weighted by molar-refractivity contribution is 0.0721. The van der Waals surface area contributed by atoms with Gasteiger partial charge in [0, 0.05) is 18.5 Å². The Morgan fingerprint density at radius 1 is 1.45 bits per heavy atom. The van der Waals surface area contributed by atoms with Gasteiger partial charge in [0.25, 0.3) is 0 Å². The van der Waals surface area contributed by atoms with Gasteiger partial charge in [0.1, 0.15) is 6.10 Å². The first-order chi connectivity index (χ1) is 10.7. The molecule has 0 N–H and O–H groups in total. The van der Waals surface area contributed by atoms with Crippen LogP contribution < -0.4 is 0 Å². The Kier molecular flexibility index (Phi) is 4.60. The molecule has 1 unspecified atom stereocenters. The van der Waals surface area contributed by atoms with Crippen LogP contribution in [0.2, 0.25) is 0 Å². The minimum absolute atomic E-state index is 0.0822. The molecule has 0 saturated heterocycles. The second kappa shape index (κ2) is 6.63. The van der Waals surface area contributed by atoms with Gasteiger partial charge in [0.2, 0.25) is 0 Å². The monoisotopic (exact) mass is 314 g/mol. The average Bonchev–Trinajstić information content (AvgIpc) is 3.06. The predicted molar refractivity (Wildman–Crippen MR) is 93.5 cm³/mol. The molecule has 0 bridgehead atoms. The summed E-state index contributed by atoms with van der Waals surface area (Å²) in [6, 6.07) is 8.72. The predicted octanol–water partition coefficient (Wildman–Crippen LogP) is 4.33. The highest BCUT2D eigenvalue weighted by Crippen LogP contribution is 2.37. The minimum Gasteiger partial charge on any atom is -0.368 e. The number of rotatable bonds is 4. The zero-order chi connectivity index (χ0) is 15.5. The van der Waals surface area contributed by atoms with E-state index in [9.17, 15) is 0 Å². The van der Waals surface area contributed by atoms with Gasteiger partial charge >= 0.3 is 0 Å². The van der Waals surface area contributed by atoms with Crippen LogP contribution in [0.5, 0.6) is 0 Å². The first kappa shape index (κ1) is 15.3. The molecule has 3 rings (SSSR count). The fourth-order valence-electron chi connectivity index (χ4n) is 2.66. The van der Waals surface area contributed by atoms with E-state index in [1.165, 1.54) is 21.6 Å². The second-order valence-electron chi connectivity index (χ2n) is 5.67. The largest absolute Gasteiger partial charge is 0.368 e. The molecule has 1 aromatic carbocycles. The first-order valence-electron chi connectivity index (χ1n) is 7.72. The highest BCUT2D eigenvalue weighted by molar-refractivity contribution is 7.10. The molecule has 0 radical (unpaired) electrons. The van der Waals surface area contributed by atoms with Crippen molar-refractivity contribution in [2.45, 2.75) is 26.4 Å². The topological polar surface area (TPSA) is 24.8 Å². The van der Waals surface area contributed by atoms with Gasteiger partial charge in [-0.25, -0.2) is 4.99 Å². The SMILES string of the molecule is CCN(C)C=Nc1cc2c(cc1C)C(c1cccs1)OCC2. The molecule has 0 spiro atoms. The van der Waals surface area contributed by atoms with Gasteiger partial charge in [0.15, 0.2) is 0 Å². The molecule has 1 aromatic heterocycles. The molecule has 0 fully saturated rings. The molecular formula is C18H22N2OS. The van der Waals surface area contributed by atoms with Crippen molar-refractivity contribution < 1.29 is 4.74 Å². The van der Waals surface area contributed by atoms with Crippen LogP contribution >= 0.6 is 11.3 Å². The van der Waals surface area contributed by atoms with Crippen molar-refractivity contribution in [1.29, 1.82) is 0 Å². The van der Waals surface area contributed by atoms with Crippen molar-refractivity contribution in [2.24, 2.45) is 4.99 Å². The Hall–Kier alpha value is -1.65. The zero-order valence-corrected chi connectivity index (χ0v) is 14.2. The van der Waals surface area contributed by atoms with E-state index in [1.807, 2.05) is 13.4 Å². The van der Waals surface area contributed by atoms with Crippen molar-refractivity contribution in [3.63, 3.8) is 0 Å². The number of fused-ring (bicyclic) bond motifs is 1. The first-order valence-corrected chi connectivity index (χ1v) is 8.60. The molecule has 3 nitrogen and oxygen atoms in total. The molecule has 1 aliphatic heterocycles. The summed E-state index contributed by atoms with van der Waals surface area (Å²) in [5.41, 5.74) is 4.92. The molecule has 0 saturated carbocycles. The van der Waals surface area contributed by atoms with E-state index in [4.69, 9.17) is 4.74 Å². The van der Waals surface area contributed by atoms with Crippen LogP contribution in [-0.2, 0) is 11.2 Å². The van der Waals surface area contributed by atoms with Crippen molar-refractivity contribution in [1.82, 2.24) is 4.90 Å². The maximum Gasteiger partial charge on any atom is 0.117 e. The van der Waals surface area contributed by atoms with E-state index < -0.39 is 0 Å². The van der Waals surface area contributed by atoms with Crippen molar-refractivity contribution in [2.75, 3.05) is 20.2 Å². The summed E-state index contributed by atoms with van der Waals surface area (Å²) in [7, 11) is 2.04. The summed E-state index contributed by atoms with van der Waals surface area (Å²) in [6.07, 6.45) is 2.95. The Morgan fingerprint density at radius 2 is 2.32 bits per heavy atom. The molecule has 1 aliphatic rings. The number of hydrogen-bond acceptors (Lipinski definition) is 3. The van der Waals surface area contributed by atoms with Crippen molar-refractivity contribution in [3.8, 4) is 0 Å². The Bertz CT molecular complexity index is 664. The summed E-state index contributed by atoms with van der Waals surface area (Å²) in [4.78, 5) is 7.99. The number of benzene rings is 1. The normalized spacial score (nSPS) is 17.7. The van der Waals surface area contributed by atoms with E-state index >= 15 is 0 Å². The lowest BCUT2D eigenvalue weighted by atomic mass is 9.94. The molecule has 22 heavy (non-hydrogen) atoms. The van der Waals surface area contributed by atoms with E-state index in [-0.39, 0.29) is 6.10 Å². The van der Waals surface area contributed by atoms with Crippen molar-refractivity contribution >= 4 is 23.4 Å². The molecule has 0 aliphatic carbocycles. The Morgan fingerprint density at radius 3 is 3.05 bits per heavy atom. The van der Waals surface area contributed by atoms with Gasteiger partial charge in [-0.15, -0.1) is 11.3 Å². The summed E-state index contributed by atoms with van der Waals surface area (Å²) < 4.78 is 6.02. The third-order valence-electron chi connectivity index (χ3n) is 4.09. The second-order valence-corrected chi connectivity index (χ2v) is 6.65. The zero-order valence-electron chi connectivity index (χ0n) is 13.4. The quantitative estimate of drug-likeness (QED) is 0.620. The van der Waals surface area contributed by atoms with Gasteiger partial charge in [-0.1, -0.05) is 12.1 Å². The van der Waals surface area contributed by atoms with Gasteiger partial charge in [-0.3, -0.25) is 0 Å². The number of aryl methyl sites for hydroxylation is 1. The highest BCUT2D eigenvalue weighted by Gasteiger charge is 2.24. The smallest absolute Gasteiger partial charge is 0.117 e. The maximum atomic E-state index is 6.02. The van der Waals surface area contributed by atoms with Crippen molar-refractivity contribution in [3.05, 3.63) is 51.2 Å². The van der Waals surface area contributed by atoms with E-state index in [0.717, 1.165) is 25.3 Å². The van der Waals surface area contributed by atoms with Gasteiger partial charge in [-0.2, -0.15) is 0 Å². The van der Waals surface area contributed by atoms with Gasteiger partial charge in [0.05, 0.1) is 18.6 Å². The minimum atomic E-state index is 0.0822. The molecule has 116 valence electrons. The van der Waals surface area contributed by atoms with Gasteiger partial charge in [-0.05, 0) is 54.5 Å². The van der Waals surface area contributed by atoms with E-state index in [2.05, 4.69) is 53.4 Å². The molecule has 2 aromatic rings. The lowest BCUT2D eigenvalue weighted by Crippen LogP contribution is -2.17. The molecule has 0 amide bonds. The van der Waals surface area contributed by atoms with Crippen LogP contribution in [0, 0.1) is 6.92 Å².